The molecule has 3 aliphatic carbocycles. The van der Waals surface area contributed by atoms with Gasteiger partial charge in [0.05, 0.1) is 0 Å². The minimum absolute atomic E-state index is 0.353. The summed E-state index contributed by atoms with van der Waals surface area (Å²) in [4.78, 5) is 12.0. The van der Waals surface area contributed by atoms with E-state index in [1.165, 1.54) is 6.42 Å². The Morgan fingerprint density at radius 2 is 2.40 bits per heavy atom. The first kappa shape index (κ1) is 10.7. The lowest BCUT2D eigenvalue weighted by Crippen LogP contribution is -2.49. The molecule has 82 valence electrons. The molecule has 1 heteroatoms. The molecule has 2 bridgehead atoms. The number of hydrogen-bond acceptors (Lipinski definition) is 1. The maximum atomic E-state index is 12.0. The molecule has 0 radical (unpaired) electrons. The molecular weight excluding hydrogens is 184 g/mol. The van der Waals surface area contributed by atoms with E-state index in [4.69, 9.17) is 0 Å². The average molecular weight is 204 g/mol. The van der Waals surface area contributed by atoms with Crippen LogP contribution in [-0.2, 0) is 4.79 Å². The summed E-state index contributed by atoms with van der Waals surface area (Å²) in [6.45, 7) is 8.27. The van der Waals surface area contributed by atoms with E-state index < -0.39 is 0 Å². The van der Waals surface area contributed by atoms with Gasteiger partial charge in [-0.3, -0.25) is 4.79 Å². The van der Waals surface area contributed by atoms with Crippen molar-refractivity contribution in [3.63, 3.8) is 0 Å². The highest BCUT2D eigenvalue weighted by Gasteiger charge is 2.52. The van der Waals surface area contributed by atoms with E-state index in [0.717, 1.165) is 24.3 Å². The standard InChI is InChI=1S/C14H20O/c1-4-5-6-13(15)11-8-7-10-9-12(11)14(10,2)3/h4,8,10,12H,1,5-7,9H2,2-3H3/t10-,12-/m0/s1. The predicted octanol–water partition coefficient (Wildman–Crippen LogP) is 3.51. The van der Waals surface area contributed by atoms with E-state index in [1.54, 1.807) is 0 Å². The number of carbonyl (C=O) groups excluding carboxylic acids is 1. The summed E-state index contributed by atoms with van der Waals surface area (Å²) in [5, 5.41) is 0. The highest BCUT2D eigenvalue weighted by Crippen LogP contribution is 2.59. The maximum absolute atomic E-state index is 12.0. The summed E-state index contributed by atoms with van der Waals surface area (Å²) in [6.07, 6.45) is 7.82. The smallest absolute Gasteiger partial charge is 0.159 e. The van der Waals surface area contributed by atoms with Gasteiger partial charge in [0.2, 0.25) is 0 Å². The van der Waals surface area contributed by atoms with Crippen molar-refractivity contribution in [2.75, 3.05) is 0 Å². The third kappa shape index (κ3) is 1.58. The predicted molar refractivity (Wildman–Crippen MR) is 62.5 cm³/mol. The number of hydrogen-bond donors (Lipinski definition) is 0. The Balaban J connectivity index is 2.07. The molecule has 0 spiro atoms. The van der Waals surface area contributed by atoms with Gasteiger partial charge in [-0.2, -0.15) is 0 Å². The number of Topliss-reactive ketones (excluding diaryl/α,β-unsaturated/α-hetero) is 1. The topological polar surface area (TPSA) is 17.1 Å². The zero-order chi connectivity index (χ0) is 11.1. The summed E-state index contributed by atoms with van der Waals surface area (Å²) in [5.74, 6) is 1.71. The number of fused-ring (bicyclic) bond motifs is 1. The number of allylic oxidation sites excluding steroid dienone is 3. The van der Waals surface area contributed by atoms with Gasteiger partial charge in [0, 0.05) is 6.42 Å². The van der Waals surface area contributed by atoms with Gasteiger partial charge in [-0.1, -0.05) is 26.0 Å². The van der Waals surface area contributed by atoms with Crippen LogP contribution in [0.1, 0.15) is 39.5 Å². The summed E-state index contributed by atoms with van der Waals surface area (Å²) in [6, 6.07) is 0. The SMILES string of the molecule is C=CCCC(=O)C1=CC[C@H]2C[C@@H]1C2(C)C. The highest BCUT2D eigenvalue weighted by atomic mass is 16.1. The van der Waals surface area contributed by atoms with E-state index >= 15 is 0 Å². The molecule has 0 aliphatic heterocycles. The maximum Gasteiger partial charge on any atom is 0.159 e. The molecule has 0 aromatic rings. The Morgan fingerprint density at radius 1 is 1.67 bits per heavy atom. The molecule has 0 heterocycles. The first-order valence-corrected chi connectivity index (χ1v) is 5.91. The zero-order valence-electron chi connectivity index (χ0n) is 9.75. The van der Waals surface area contributed by atoms with Crippen molar-refractivity contribution in [3.05, 3.63) is 24.3 Å². The van der Waals surface area contributed by atoms with E-state index in [0.29, 0.717) is 23.5 Å². The molecule has 1 saturated carbocycles. The second-order valence-electron chi connectivity index (χ2n) is 5.45. The zero-order valence-corrected chi connectivity index (χ0v) is 9.75. The fourth-order valence-electron chi connectivity index (χ4n) is 3.04. The van der Waals surface area contributed by atoms with Crippen LogP contribution in [0.3, 0.4) is 0 Å². The fourth-order valence-corrected chi connectivity index (χ4v) is 3.04. The van der Waals surface area contributed by atoms with Gasteiger partial charge >= 0.3 is 0 Å². The van der Waals surface area contributed by atoms with Crippen LogP contribution in [-0.4, -0.2) is 5.78 Å². The van der Waals surface area contributed by atoms with Gasteiger partial charge in [0.15, 0.2) is 5.78 Å². The van der Waals surface area contributed by atoms with Crippen LogP contribution in [0.4, 0.5) is 0 Å². The van der Waals surface area contributed by atoms with Crippen molar-refractivity contribution in [1.82, 2.24) is 0 Å². The van der Waals surface area contributed by atoms with Crippen molar-refractivity contribution in [1.29, 1.82) is 0 Å². The molecule has 0 N–H and O–H groups in total. The number of ketones is 1. The molecule has 1 nitrogen and oxygen atoms in total. The van der Waals surface area contributed by atoms with Crippen LogP contribution >= 0.6 is 0 Å². The van der Waals surface area contributed by atoms with Crippen LogP contribution in [0.25, 0.3) is 0 Å². The Kier molecular flexibility index (Phi) is 2.57. The van der Waals surface area contributed by atoms with Crippen molar-refractivity contribution < 1.29 is 4.79 Å². The van der Waals surface area contributed by atoms with Crippen LogP contribution in [0.15, 0.2) is 24.3 Å². The second-order valence-corrected chi connectivity index (χ2v) is 5.45. The Labute approximate surface area is 92.3 Å². The van der Waals surface area contributed by atoms with Gasteiger partial charge in [-0.25, -0.2) is 0 Å². The lowest BCUT2D eigenvalue weighted by Gasteiger charge is -2.56. The molecule has 0 aromatic carbocycles. The number of carbonyl (C=O) groups is 1. The molecule has 0 saturated heterocycles. The van der Waals surface area contributed by atoms with Crippen LogP contribution in [0, 0.1) is 17.3 Å². The fraction of sp³-hybridized carbons (Fsp3) is 0.643. The quantitative estimate of drug-likeness (QED) is 0.640. The molecule has 15 heavy (non-hydrogen) atoms. The average Bonchev–Trinajstić information content (AvgIpc) is 2.25. The largest absolute Gasteiger partial charge is 0.295 e. The van der Waals surface area contributed by atoms with Gasteiger partial charge in [0.25, 0.3) is 0 Å². The van der Waals surface area contributed by atoms with E-state index in [1.807, 2.05) is 6.08 Å². The van der Waals surface area contributed by atoms with Crippen LogP contribution in [0.5, 0.6) is 0 Å². The highest BCUT2D eigenvalue weighted by molar-refractivity contribution is 5.96. The Morgan fingerprint density at radius 3 is 2.93 bits per heavy atom. The molecule has 3 rings (SSSR count). The monoisotopic (exact) mass is 204 g/mol. The van der Waals surface area contributed by atoms with Crippen LogP contribution < -0.4 is 0 Å². The van der Waals surface area contributed by atoms with Gasteiger partial charge in [-0.15, -0.1) is 6.58 Å². The second kappa shape index (κ2) is 3.62. The molecule has 2 atom stereocenters. The summed E-state index contributed by atoms with van der Waals surface area (Å²) in [7, 11) is 0. The minimum Gasteiger partial charge on any atom is -0.295 e. The minimum atomic E-state index is 0.353. The molecule has 1 fully saturated rings. The van der Waals surface area contributed by atoms with Crippen molar-refractivity contribution in [2.24, 2.45) is 17.3 Å². The molecule has 0 aromatic heterocycles. The van der Waals surface area contributed by atoms with Gasteiger partial charge in [-0.05, 0) is 42.1 Å². The lowest BCUT2D eigenvalue weighted by molar-refractivity contribution is -0.119. The lowest BCUT2D eigenvalue weighted by atomic mass is 9.48. The van der Waals surface area contributed by atoms with Gasteiger partial charge in [0.1, 0.15) is 0 Å². The summed E-state index contributed by atoms with van der Waals surface area (Å²) in [5.41, 5.74) is 1.48. The van der Waals surface area contributed by atoms with Crippen LogP contribution in [0.2, 0.25) is 0 Å². The van der Waals surface area contributed by atoms with E-state index in [-0.39, 0.29) is 0 Å². The van der Waals surface area contributed by atoms with Crippen molar-refractivity contribution in [3.8, 4) is 0 Å². The third-order valence-electron chi connectivity index (χ3n) is 4.37. The van der Waals surface area contributed by atoms with E-state index in [2.05, 4.69) is 26.5 Å². The van der Waals surface area contributed by atoms with Crippen molar-refractivity contribution in [2.45, 2.75) is 39.5 Å². The molecule has 3 aliphatic rings. The van der Waals surface area contributed by atoms with E-state index in [9.17, 15) is 4.79 Å². The summed E-state index contributed by atoms with van der Waals surface area (Å²) < 4.78 is 0. The Hall–Kier alpha value is -0.850. The third-order valence-corrected chi connectivity index (χ3v) is 4.37. The van der Waals surface area contributed by atoms with Gasteiger partial charge < -0.3 is 0 Å². The van der Waals surface area contributed by atoms with Crippen molar-refractivity contribution >= 4 is 5.78 Å². The summed E-state index contributed by atoms with van der Waals surface area (Å²) >= 11 is 0. The molecular formula is C14H20O. The normalized spacial score (nSPS) is 31.5. The molecule has 0 amide bonds. The first-order valence-electron chi connectivity index (χ1n) is 5.91. The number of rotatable bonds is 4. The first-order chi connectivity index (χ1) is 7.07. The molecule has 0 unspecified atom stereocenters. The Bertz CT molecular complexity index is 322.